The van der Waals surface area contributed by atoms with Crippen molar-refractivity contribution in [2.45, 2.75) is 33.1 Å². The number of esters is 1. The van der Waals surface area contributed by atoms with Crippen molar-refractivity contribution in [3.8, 4) is 0 Å². The van der Waals surface area contributed by atoms with Crippen molar-refractivity contribution in [2.24, 2.45) is 5.41 Å². The van der Waals surface area contributed by atoms with Gasteiger partial charge in [0.05, 0.1) is 13.0 Å². The molecule has 1 heterocycles. The van der Waals surface area contributed by atoms with Gasteiger partial charge < -0.3 is 4.74 Å². The van der Waals surface area contributed by atoms with E-state index in [1.165, 1.54) is 0 Å². The second-order valence-electron chi connectivity index (χ2n) is 3.40. The number of rotatable bonds is 2. The first-order chi connectivity index (χ1) is 4.66. The molecule has 10 heavy (non-hydrogen) atoms. The maximum atomic E-state index is 10.7. The SMILES string of the molecule is CCC[C@@]1(C)COC(=O)C1. The Kier molecular flexibility index (Phi) is 1.97. The van der Waals surface area contributed by atoms with Crippen LogP contribution < -0.4 is 0 Å². The zero-order valence-electron chi connectivity index (χ0n) is 6.64. The number of hydrogen-bond acceptors (Lipinski definition) is 2. The highest BCUT2D eigenvalue weighted by atomic mass is 16.5. The number of cyclic esters (lactones) is 1. The second-order valence-corrected chi connectivity index (χ2v) is 3.40. The summed E-state index contributed by atoms with van der Waals surface area (Å²) in [6.45, 7) is 4.87. The molecule has 0 N–H and O–H groups in total. The fraction of sp³-hybridized carbons (Fsp3) is 0.875. The molecule has 1 rings (SSSR count). The topological polar surface area (TPSA) is 26.3 Å². The number of carbonyl (C=O) groups excluding carboxylic acids is 1. The molecule has 2 nitrogen and oxygen atoms in total. The van der Waals surface area contributed by atoms with Gasteiger partial charge in [0.1, 0.15) is 0 Å². The first kappa shape index (κ1) is 7.58. The van der Waals surface area contributed by atoms with Crippen molar-refractivity contribution in [3.63, 3.8) is 0 Å². The van der Waals surface area contributed by atoms with E-state index in [0.29, 0.717) is 13.0 Å². The summed E-state index contributed by atoms with van der Waals surface area (Å²) < 4.78 is 4.88. The Morgan fingerprint density at radius 3 is 2.80 bits per heavy atom. The van der Waals surface area contributed by atoms with Crippen molar-refractivity contribution in [3.05, 3.63) is 0 Å². The van der Waals surface area contributed by atoms with Gasteiger partial charge in [0.15, 0.2) is 0 Å². The summed E-state index contributed by atoms with van der Waals surface area (Å²) in [5, 5.41) is 0. The predicted octanol–water partition coefficient (Wildman–Crippen LogP) is 1.74. The van der Waals surface area contributed by atoms with Crippen LogP contribution in [0.2, 0.25) is 0 Å². The van der Waals surface area contributed by atoms with Crippen LogP contribution in [0.15, 0.2) is 0 Å². The summed E-state index contributed by atoms with van der Waals surface area (Å²) in [6, 6.07) is 0. The van der Waals surface area contributed by atoms with E-state index in [9.17, 15) is 4.79 Å². The number of carbonyl (C=O) groups is 1. The smallest absolute Gasteiger partial charge is 0.306 e. The van der Waals surface area contributed by atoms with Crippen LogP contribution in [0.5, 0.6) is 0 Å². The monoisotopic (exact) mass is 142 g/mol. The van der Waals surface area contributed by atoms with E-state index in [1.54, 1.807) is 0 Å². The largest absolute Gasteiger partial charge is 0.465 e. The van der Waals surface area contributed by atoms with Crippen LogP contribution in [-0.2, 0) is 9.53 Å². The van der Waals surface area contributed by atoms with Gasteiger partial charge in [-0.2, -0.15) is 0 Å². The lowest BCUT2D eigenvalue weighted by Crippen LogP contribution is -2.15. The fourth-order valence-corrected chi connectivity index (χ4v) is 1.47. The van der Waals surface area contributed by atoms with E-state index in [2.05, 4.69) is 13.8 Å². The van der Waals surface area contributed by atoms with Crippen molar-refractivity contribution < 1.29 is 9.53 Å². The molecular weight excluding hydrogens is 128 g/mol. The van der Waals surface area contributed by atoms with Crippen LogP contribution >= 0.6 is 0 Å². The van der Waals surface area contributed by atoms with E-state index in [0.717, 1.165) is 12.8 Å². The molecule has 58 valence electrons. The Morgan fingerprint density at radius 1 is 1.70 bits per heavy atom. The highest BCUT2D eigenvalue weighted by Crippen LogP contribution is 2.33. The molecule has 1 saturated heterocycles. The third-order valence-corrected chi connectivity index (χ3v) is 2.01. The van der Waals surface area contributed by atoms with E-state index in [1.807, 2.05) is 0 Å². The first-order valence-corrected chi connectivity index (χ1v) is 3.82. The van der Waals surface area contributed by atoms with Gasteiger partial charge in [0.2, 0.25) is 0 Å². The molecule has 0 aromatic heterocycles. The second kappa shape index (κ2) is 2.60. The van der Waals surface area contributed by atoms with E-state index in [-0.39, 0.29) is 11.4 Å². The fourth-order valence-electron chi connectivity index (χ4n) is 1.47. The Morgan fingerprint density at radius 2 is 2.40 bits per heavy atom. The van der Waals surface area contributed by atoms with Crippen molar-refractivity contribution in [1.29, 1.82) is 0 Å². The van der Waals surface area contributed by atoms with Gasteiger partial charge in [0.25, 0.3) is 0 Å². The molecule has 0 unspecified atom stereocenters. The molecule has 1 aliphatic heterocycles. The summed E-state index contributed by atoms with van der Waals surface area (Å²) >= 11 is 0. The summed E-state index contributed by atoms with van der Waals surface area (Å²) in [7, 11) is 0. The molecule has 2 heteroatoms. The van der Waals surface area contributed by atoms with E-state index in [4.69, 9.17) is 4.74 Å². The van der Waals surface area contributed by atoms with Crippen LogP contribution in [0.4, 0.5) is 0 Å². The lowest BCUT2D eigenvalue weighted by molar-refractivity contribution is -0.137. The Balaban J connectivity index is 2.46. The minimum Gasteiger partial charge on any atom is -0.465 e. The molecule has 0 aromatic carbocycles. The third kappa shape index (κ3) is 1.49. The Hall–Kier alpha value is -0.530. The Bertz CT molecular complexity index is 142. The van der Waals surface area contributed by atoms with Crippen LogP contribution in [-0.4, -0.2) is 12.6 Å². The highest BCUT2D eigenvalue weighted by molar-refractivity contribution is 5.72. The molecule has 1 fully saturated rings. The molecule has 0 radical (unpaired) electrons. The molecule has 0 amide bonds. The average molecular weight is 142 g/mol. The number of ether oxygens (including phenoxy) is 1. The minimum atomic E-state index is -0.0315. The third-order valence-electron chi connectivity index (χ3n) is 2.01. The molecule has 1 aliphatic rings. The quantitative estimate of drug-likeness (QED) is 0.549. The van der Waals surface area contributed by atoms with Crippen LogP contribution in [0.25, 0.3) is 0 Å². The number of hydrogen-bond donors (Lipinski definition) is 0. The summed E-state index contributed by atoms with van der Waals surface area (Å²) in [5.74, 6) is -0.0315. The summed E-state index contributed by atoms with van der Waals surface area (Å²) in [5.41, 5.74) is 0.145. The summed E-state index contributed by atoms with van der Waals surface area (Å²) in [4.78, 5) is 10.7. The van der Waals surface area contributed by atoms with E-state index >= 15 is 0 Å². The molecular formula is C8H14O2. The van der Waals surface area contributed by atoms with Crippen molar-refractivity contribution in [2.75, 3.05) is 6.61 Å². The normalized spacial score (nSPS) is 32.4. The van der Waals surface area contributed by atoms with Gasteiger partial charge in [-0.05, 0) is 6.42 Å². The molecule has 0 bridgehead atoms. The summed E-state index contributed by atoms with van der Waals surface area (Å²) in [6.07, 6.45) is 2.84. The molecule has 1 atom stereocenters. The maximum absolute atomic E-state index is 10.7. The van der Waals surface area contributed by atoms with Gasteiger partial charge in [-0.3, -0.25) is 4.79 Å². The average Bonchev–Trinajstić information content (AvgIpc) is 2.12. The van der Waals surface area contributed by atoms with Gasteiger partial charge in [-0.15, -0.1) is 0 Å². The zero-order valence-corrected chi connectivity index (χ0v) is 6.64. The predicted molar refractivity (Wildman–Crippen MR) is 38.6 cm³/mol. The molecule has 0 aliphatic carbocycles. The van der Waals surface area contributed by atoms with Gasteiger partial charge in [0, 0.05) is 5.41 Å². The van der Waals surface area contributed by atoms with E-state index < -0.39 is 0 Å². The van der Waals surface area contributed by atoms with Gasteiger partial charge in [-0.1, -0.05) is 20.3 Å². The maximum Gasteiger partial charge on any atom is 0.306 e. The van der Waals surface area contributed by atoms with Crippen molar-refractivity contribution >= 4 is 5.97 Å². The van der Waals surface area contributed by atoms with Gasteiger partial charge >= 0.3 is 5.97 Å². The lowest BCUT2D eigenvalue weighted by atomic mass is 9.85. The zero-order chi connectivity index (χ0) is 7.61. The molecule has 0 aromatic rings. The standard InChI is InChI=1S/C8H14O2/c1-3-4-8(2)5-7(9)10-6-8/h3-6H2,1-2H3/t8-/m1/s1. The van der Waals surface area contributed by atoms with Crippen LogP contribution in [0, 0.1) is 5.41 Å². The molecule has 0 spiro atoms. The lowest BCUT2D eigenvalue weighted by Gasteiger charge is -2.17. The Labute approximate surface area is 61.6 Å². The van der Waals surface area contributed by atoms with Crippen LogP contribution in [0.1, 0.15) is 33.1 Å². The molecule has 0 saturated carbocycles. The van der Waals surface area contributed by atoms with Crippen LogP contribution in [0.3, 0.4) is 0 Å². The van der Waals surface area contributed by atoms with Gasteiger partial charge in [-0.25, -0.2) is 0 Å². The van der Waals surface area contributed by atoms with Crippen molar-refractivity contribution in [1.82, 2.24) is 0 Å². The first-order valence-electron chi connectivity index (χ1n) is 3.82. The minimum absolute atomic E-state index is 0.0315. The highest BCUT2D eigenvalue weighted by Gasteiger charge is 2.34.